The average Bonchev–Trinajstić information content (AvgIpc) is 2.91. The molecule has 1 atom stereocenters. The number of aromatic nitrogens is 1. The lowest BCUT2D eigenvalue weighted by atomic mass is 10.1. The van der Waals surface area contributed by atoms with Crippen molar-refractivity contribution in [3.8, 4) is 0 Å². The van der Waals surface area contributed by atoms with E-state index in [1.807, 2.05) is 11.8 Å². The second-order valence-electron chi connectivity index (χ2n) is 5.18. The molecule has 1 aliphatic rings. The van der Waals surface area contributed by atoms with Gasteiger partial charge in [-0.3, -0.25) is 14.9 Å². The first-order valence-electron chi connectivity index (χ1n) is 6.69. The number of nitrogens with zero attached hydrogens (tertiary/aromatic N) is 2. The Morgan fingerprint density at radius 2 is 2.38 bits per heavy atom. The standard InChI is InChI=1S/C13H18N4O3S/c1-13(4-3-5-21-13)8-16-12(18)9-6-11(14-2)15-7-10(9)17(19)20/h6-7H,3-5,8H2,1-2H3,(H,14,15)(H,16,18). The fourth-order valence-electron chi connectivity index (χ4n) is 2.25. The van der Waals surface area contributed by atoms with Gasteiger partial charge in [0, 0.05) is 24.4 Å². The Kier molecular flexibility index (Phi) is 4.66. The summed E-state index contributed by atoms with van der Waals surface area (Å²) in [5.74, 6) is 1.08. The molecule has 21 heavy (non-hydrogen) atoms. The molecule has 2 N–H and O–H groups in total. The van der Waals surface area contributed by atoms with Crippen LogP contribution in [0.1, 0.15) is 30.1 Å². The van der Waals surface area contributed by atoms with Crippen LogP contribution < -0.4 is 10.6 Å². The van der Waals surface area contributed by atoms with Gasteiger partial charge in [0.15, 0.2) is 0 Å². The summed E-state index contributed by atoms with van der Waals surface area (Å²) < 4.78 is 0.0172. The quantitative estimate of drug-likeness (QED) is 0.638. The van der Waals surface area contributed by atoms with E-state index in [0.29, 0.717) is 12.4 Å². The van der Waals surface area contributed by atoms with Gasteiger partial charge in [0.2, 0.25) is 0 Å². The first-order chi connectivity index (χ1) is 9.95. The molecule has 1 saturated heterocycles. The van der Waals surface area contributed by atoms with Crippen LogP contribution in [0.25, 0.3) is 0 Å². The first kappa shape index (κ1) is 15.6. The lowest BCUT2D eigenvalue weighted by Crippen LogP contribution is -2.37. The smallest absolute Gasteiger partial charge is 0.300 e. The Morgan fingerprint density at radius 1 is 1.62 bits per heavy atom. The van der Waals surface area contributed by atoms with Crippen molar-refractivity contribution in [2.45, 2.75) is 24.5 Å². The fraction of sp³-hybridized carbons (Fsp3) is 0.538. The Morgan fingerprint density at radius 3 is 2.95 bits per heavy atom. The van der Waals surface area contributed by atoms with E-state index >= 15 is 0 Å². The monoisotopic (exact) mass is 310 g/mol. The van der Waals surface area contributed by atoms with Crippen LogP contribution in [0, 0.1) is 10.1 Å². The fourth-order valence-corrected chi connectivity index (χ4v) is 3.50. The van der Waals surface area contributed by atoms with Gasteiger partial charge in [0.1, 0.15) is 17.6 Å². The van der Waals surface area contributed by atoms with Crippen LogP contribution >= 0.6 is 11.8 Å². The highest BCUT2D eigenvalue weighted by molar-refractivity contribution is 8.00. The van der Waals surface area contributed by atoms with Gasteiger partial charge in [-0.1, -0.05) is 0 Å². The third-order valence-corrected chi connectivity index (χ3v) is 5.04. The molecule has 1 aromatic heterocycles. The summed E-state index contributed by atoms with van der Waals surface area (Å²) in [4.78, 5) is 26.6. The molecule has 0 spiro atoms. The van der Waals surface area contributed by atoms with E-state index in [1.54, 1.807) is 7.05 Å². The molecule has 2 heterocycles. The molecule has 0 aliphatic carbocycles. The third-order valence-electron chi connectivity index (χ3n) is 3.50. The Hall–Kier alpha value is -1.83. The van der Waals surface area contributed by atoms with E-state index in [1.165, 1.54) is 6.07 Å². The lowest BCUT2D eigenvalue weighted by Gasteiger charge is -2.22. The van der Waals surface area contributed by atoms with Gasteiger partial charge < -0.3 is 10.6 Å². The topological polar surface area (TPSA) is 97.2 Å². The number of nitro groups is 1. The zero-order chi connectivity index (χ0) is 15.5. The molecule has 1 aliphatic heterocycles. The Bertz CT molecular complexity index is 558. The van der Waals surface area contributed by atoms with Crippen molar-refractivity contribution in [3.63, 3.8) is 0 Å². The Balaban J connectivity index is 2.15. The molecule has 7 nitrogen and oxygen atoms in total. The summed E-state index contributed by atoms with van der Waals surface area (Å²) in [5, 5.41) is 16.6. The molecule has 114 valence electrons. The average molecular weight is 310 g/mol. The number of anilines is 1. The van der Waals surface area contributed by atoms with Crippen LogP contribution in [0.4, 0.5) is 11.5 Å². The molecule has 1 amide bonds. The van der Waals surface area contributed by atoms with Gasteiger partial charge in [-0.05, 0) is 25.5 Å². The SMILES string of the molecule is CNc1cc(C(=O)NCC2(C)CCCS2)c([N+](=O)[O-])cn1. The maximum Gasteiger partial charge on any atom is 0.300 e. The van der Waals surface area contributed by atoms with Crippen molar-refractivity contribution in [2.24, 2.45) is 0 Å². The molecule has 1 fully saturated rings. The minimum atomic E-state index is -0.590. The highest BCUT2D eigenvalue weighted by Crippen LogP contribution is 2.37. The number of pyridine rings is 1. The summed E-state index contributed by atoms with van der Waals surface area (Å²) in [6, 6.07) is 1.40. The summed E-state index contributed by atoms with van der Waals surface area (Å²) in [7, 11) is 1.64. The minimum absolute atomic E-state index is 0.0172. The molecule has 1 aromatic rings. The Labute approximate surface area is 127 Å². The molecule has 0 aromatic carbocycles. The highest BCUT2D eigenvalue weighted by atomic mass is 32.2. The van der Waals surface area contributed by atoms with Gasteiger partial charge in [-0.15, -0.1) is 0 Å². The van der Waals surface area contributed by atoms with Crippen LogP contribution in [0.2, 0.25) is 0 Å². The van der Waals surface area contributed by atoms with Crippen molar-refractivity contribution in [1.29, 1.82) is 0 Å². The number of hydrogen-bond donors (Lipinski definition) is 2. The minimum Gasteiger partial charge on any atom is -0.373 e. The van der Waals surface area contributed by atoms with Crippen molar-refractivity contribution in [2.75, 3.05) is 24.7 Å². The second kappa shape index (κ2) is 6.30. The van der Waals surface area contributed by atoms with E-state index in [0.717, 1.165) is 24.8 Å². The molecular weight excluding hydrogens is 292 g/mol. The molecule has 0 bridgehead atoms. The molecule has 0 saturated carbocycles. The van der Waals surface area contributed by atoms with Crippen LogP contribution in [0.3, 0.4) is 0 Å². The van der Waals surface area contributed by atoms with Crippen molar-refractivity contribution in [1.82, 2.24) is 10.3 Å². The van der Waals surface area contributed by atoms with E-state index in [-0.39, 0.29) is 16.0 Å². The predicted molar refractivity (Wildman–Crippen MR) is 82.9 cm³/mol. The lowest BCUT2D eigenvalue weighted by molar-refractivity contribution is -0.385. The summed E-state index contributed by atoms with van der Waals surface area (Å²) in [5.41, 5.74) is -0.248. The molecule has 8 heteroatoms. The van der Waals surface area contributed by atoms with Crippen LogP contribution in [0.15, 0.2) is 12.3 Å². The number of nitrogens with one attached hydrogen (secondary N) is 2. The van der Waals surface area contributed by atoms with Crippen molar-refractivity contribution < 1.29 is 9.72 Å². The van der Waals surface area contributed by atoms with Crippen LogP contribution in [-0.2, 0) is 0 Å². The predicted octanol–water partition coefficient (Wildman–Crippen LogP) is 2.05. The van der Waals surface area contributed by atoms with Crippen molar-refractivity contribution in [3.05, 3.63) is 27.9 Å². The van der Waals surface area contributed by atoms with Gasteiger partial charge in [0.05, 0.1) is 4.92 Å². The molecule has 1 unspecified atom stereocenters. The molecular formula is C13H18N4O3S. The summed E-state index contributed by atoms with van der Waals surface area (Å²) in [6.45, 7) is 2.61. The number of amides is 1. The molecule has 0 radical (unpaired) electrons. The van der Waals surface area contributed by atoms with E-state index in [4.69, 9.17) is 0 Å². The van der Waals surface area contributed by atoms with E-state index in [9.17, 15) is 14.9 Å². The van der Waals surface area contributed by atoms with Gasteiger partial charge >= 0.3 is 0 Å². The number of thioether (sulfide) groups is 1. The maximum absolute atomic E-state index is 12.3. The van der Waals surface area contributed by atoms with E-state index in [2.05, 4.69) is 22.5 Å². The second-order valence-corrected chi connectivity index (χ2v) is 6.86. The van der Waals surface area contributed by atoms with E-state index < -0.39 is 10.8 Å². The van der Waals surface area contributed by atoms with Gasteiger partial charge in [0.25, 0.3) is 11.6 Å². The zero-order valence-electron chi connectivity index (χ0n) is 12.0. The maximum atomic E-state index is 12.3. The number of carbonyl (C=O) groups excluding carboxylic acids is 1. The number of hydrogen-bond acceptors (Lipinski definition) is 6. The number of rotatable bonds is 5. The largest absolute Gasteiger partial charge is 0.373 e. The normalized spacial score (nSPS) is 21.0. The number of carbonyl (C=O) groups is 1. The van der Waals surface area contributed by atoms with Crippen molar-refractivity contribution >= 4 is 29.2 Å². The molecule has 2 rings (SSSR count). The highest BCUT2D eigenvalue weighted by Gasteiger charge is 2.31. The summed E-state index contributed by atoms with van der Waals surface area (Å²) >= 11 is 1.83. The van der Waals surface area contributed by atoms with Crippen LogP contribution in [0.5, 0.6) is 0 Å². The zero-order valence-corrected chi connectivity index (χ0v) is 12.8. The third kappa shape index (κ3) is 3.63. The first-order valence-corrected chi connectivity index (χ1v) is 7.68. The summed E-state index contributed by atoms with van der Waals surface area (Å²) in [6.07, 6.45) is 3.28. The van der Waals surface area contributed by atoms with Gasteiger partial charge in [-0.25, -0.2) is 4.98 Å². The van der Waals surface area contributed by atoms with Crippen LogP contribution in [-0.4, -0.2) is 39.9 Å². The van der Waals surface area contributed by atoms with Gasteiger partial charge in [-0.2, -0.15) is 11.8 Å².